The number of carbonyl (C=O) groups is 1. The van der Waals surface area contributed by atoms with Gasteiger partial charge in [0.05, 0.1) is 12.7 Å². The number of rotatable bonds is 6. The van der Waals surface area contributed by atoms with E-state index >= 15 is 0 Å². The zero-order valence-electron chi connectivity index (χ0n) is 17.5. The van der Waals surface area contributed by atoms with Crippen LogP contribution in [-0.4, -0.2) is 34.1 Å². The summed E-state index contributed by atoms with van der Waals surface area (Å²) >= 11 is 1.33. The monoisotopic (exact) mass is 434 g/mol. The summed E-state index contributed by atoms with van der Waals surface area (Å²) in [6.45, 7) is 4.45. The van der Waals surface area contributed by atoms with Crippen LogP contribution in [0.1, 0.15) is 25.0 Å². The van der Waals surface area contributed by atoms with Crippen molar-refractivity contribution in [2.24, 2.45) is 16.0 Å². The van der Waals surface area contributed by atoms with Crippen LogP contribution in [0.25, 0.3) is 6.08 Å². The first-order chi connectivity index (χ1) is 15.0. The first-order valence-corrected chi connectivity index (χ1v) is 10.6. The van der Waals surface area contributed by atoms with Gasteiger partial charge in [0.1, 0.15) is 11.7 Å². The highest BCUT2D eigenvalue weighted by atomic mass is 32.2. The Morgan fingerprint density at radius 3 is 2.65 bits per heavy atom. The number of nitrogens with zero attached hydrogens (tertiary/aromatic N) is 3. The van der Waals surface area contributed by atoms with E-state index in [1.54, 1.807) is 25.3 Å². The molecule has 2 heterocycles. The third-order valence-corrected chi connectivity index (χ3v) is 5.91. The normalized spacial score (nSPS) is 17.0. The lowest BCUT2D eigenvalue weighted by molar-refractivity contribution is -0.114. The van der Waals surface area contributed by atoms with E-state index in [4.69, 9.17) is 14.9 Å². The molecule has 158 valence electrons. The lowest BCUT2D eigenvalue weighted by Gasteiger charge is -2.20. The Labute approximate surface area is 185 Å². The molecule has 0 aromatic heterocycles. The molecule has 1 N–H and O–H groups in total. The van der Waals surface area contributed by atoms with Crippen LogP contribution in [-0.2, 0) is 11.4 Å². The summed E-state index contributed by atoms with van der Waals surface area (Å²) in [5, 5.41) is 15.6. The molecular formula is C23H22N4O3S. The molecule has 2 aliphatic heterocycles. The number of hydrogen-bond donors (Lipinski definition) is 1. The largest absolute Gasteiger partial charge is 0.493 e. The van der Waals surface area contributed by atoms with Crippen LogP contribution in [0.3, 0.4) is 0 Å². The summed E-state index contributed by atoms with van der Waals surface area (Å²) < 4.78 is 11.4. The topological polar surface area (TPSA) is 87.3 Å². The van der Waals surface area contributed by atoms with Crippen LogP contribution < -0.4 is 9.47 Å². The van der Waals surface area contributed by atoms with E-state index in [0.29, 0.717) is 28.8 Å². The Hall–Kier alpha value is -3.39. The van der Waals surface area contributed by atoms with Crippen LogP contribution in [0, 0.1) is 11.3 Å². The Bertz CT molecular complexity index is 1120. The van der Waals surface area contributed by atoms with Gasteiger partial charge in [-0.1, -0.05) is 50.2 Å². The summed E-state index contributed by atoms with van der Waals surface area (Å²) in [4.78, 5) is 16.7. The van der Waals surface area contributed by atoms with E-state index in [1.165, 1.54) is 16.8 Å². The molecule has 31 heavy (non-hydrogen) atoms. The first-order valence-electron chi connectivity index (χ1n) is 9.81. The van der Waals surface area contributed by atoms with Gasteiger partial charge < -0.3 is 9.47 Å². The summed E-state index contributed by atoms with van der Waals surface area (Å²) in [6.07, 6.45) is 1.63. The fourth-order valence-corrected chi connectivity index (χ4v) is 3.93. The molecule has 2 aromatic carbocycles. The molecule has 2 aliphatic rings. The van der Waals surface area contributed by atoms with Gasteiger partial charge in [0, 0.05) is 5.92 Å². The maximum absolute atomic E-state index is 12.6. The number of fused-ring (bicyclic) bond motifs is 1. The quantitative estimate of drug-likeness (QED) is 0.674. The summed E-state index contributed by atoms with van der Waals surface area (Å²) in [5.41, 5.74) is 1.93. The number of hydrazone groups is 1. The van der Waals surface area contributed by atoms with Gasteiger partial charge in [0.2, 0.25) is 5.17 Å². The number of benzene rings is 2. The Kier molecular flexibility index (Phi) is 5.90. The van der Waals surface area contributed by atoms with Crippen molar-refractivity contribution in [3.8, 4) is 11.5 Å². The van der Waals surface area contributed by atoms with E-state index in [1.807, 2.05) is 50.2 Å². The number of aliphatic imine (C=N–C) groups is 1. The van der Waals surface area contributed by atoms with Crippen molar-refractivity contribution < 1.29 is 14.3 Å². The number of amidine groups is 2. The lowest BCUT2D eigenvalue weighted by atomic mass is 10.1. The zero-order valence-corrected chi connectivity index (χ0v) is 18.3. The van der Waals surface area contributed by atoms with Gasteiger partial charge >= 0.3 is 0 Å². The molecule has 0 saturated carbocycles. The number of thioether (sulfide) groups is 1. The van der Waals surface area contributed by atoms with Crippen molar-refractivity contribution in [3.05, 3.63) is 65.2 Å². The molecule has 0 fully saturated rings. The van der Waals surface area contributed by atoms with Crippen LogP contribution in [0.2, 0.25) is 0 Å². The van der Waals surface area contributed by atoms with Crippen molar-refractivity contribution >= 4 is 39.8 Å². The molecule has 0 unspecified atom stereocenters. The molecule has 4 rings (SSSR count). The van der Waals surface area contributed by atoms with Crippen molar-refractivity contribution in [1.82, 2.24) is 5.01 Å². The number of ether oxygens (including phenoxy) is 2. The highest BCUT2D eigenvalue weighted by molar-refractivity contribution is 8.27. The second-order valence-electron chi connectivity index (χ2n) is 7.30. The number of hydrogen-bond acceptors (Lipinski definition) is 6. The number of carbonyl (C=O) groups excluding carboxylic acids is 1. The summed E-state index contributed by atoms with van der Waals surface area (Å²) in [5.74, 6) is 0.900. The Balaban J connectivity index is 1.57. The van der Waals surface area contributed by atoms with Crippen LogP contribution in [0.15, 0.2) is 64.2 Å². The maximum atomic E-state index is 12.6. The van der Waals surface area contributed by atoms with E-state index in [9.17, 15) is 4.79 Å². The molecule has 1 amide bonds. The molecule has 0 aliphatic carbocycles. The van der Waals surface area contributed by atoms with Gasteiger partial charge in [-0.15, -0.1) is 0 Å². The second-order valence-corrected chi connectivity index (χ2v) is 8.29. The smallest absolute Gasteiger partial charge is 0.283 e. The maximum Gasteiger partial charge on any atom is 0.283 e. The Morgan fingerprint density at radius 2 is 1.94 bits per heavy atom. The molecule has 0 spiro atoms. The molecule has 0 atom stereocenters. The average molecular weight is 435 g/mol. The molecule has 0 bridgehead atoms. The van der Waals surface area contributed by atoms with Gasteiger partial charge in [-0.2, -0.15) is 15.1 Å². The van der Waals surface area contributed by atoms with E-state index in [-0.39, 0.29) is 17.3 Å². The Morgan fingerprint density at radius 1 is 1.16 bits per heavy atom. The van der Waals surface area contributed by atoms with Gasteiger partial charge in [-0.05, 0) is 41.1 Å². The predicted octanol–water partition coefficient (Wildman–Crippen LogP) is 4.55. The minimum atomic E-state index is -0.452. The van der Waals surface area contributed by atoms with Crippen LogP contribution in [0.4, 0.5) is 0 Å². The highest BCUT2D eigenvalue weighted by Crippen LogP contribution is 2.33. The fourth-order valence-electron chi connectivity index (χ4n) is 3.04. The van der Waals surface area contributed by atoms with Gasteiger partial charge in [0.15, 0.2) is 17.3 Å². The number of methoxy groups -OCH3 is 1. The summed E-state index contributed by atoms with van der Waals surface area (Å²) in [6, 6.07) is 15.2. The third kappa shape index (κ3) is 4.39. The zero-order chi connectivity index (χ0) is 22.0. The fraction of sp³-hybridized carbons (Fsp3) is 0.217. The highest BCUT2D eigenvalue weighted by Gasteiger charge is 2.36. The van der Waals surface area contributed by atoms with Crippen molar-refractivity contribution in [2.75, 3.05) is 7.11 Å². The lowest BCUT2D eigenvalue weighted by Crippen LogP contribution is -2.35. The number of nitrogens with one attached hydrogen (secondary N) is 1. The molecule has 8 heteroatoms. The molecule has 7 nitrogen and oxygen atoms in total. The standard InChI is InChI=1S/C23H22N4O3S/c1-14(2)22-26-27-20(24)17(21(28)25-23(27)31-22)11-16-9-10-18(19(12-16)29-3)30-13-15-7-5-4-6-8-15/h4-12,14,24H,13H2,1-3H3/b17-11-,24-20?. The van der Waals surface area contributed by atoms with Crippen LogP contribution in [0.5, 0.6) is 11.5 Å². The molecule has 0 radical (unpaired) electrons. The van der Waals surface area contributed by atoms with Crippen molar-refractivity contribution in [2.45, 2.75) is 20.5 Å². The van der Waals surface area contributed by atoms with Gasteiger partial charge in [0.25, 0.3) is 5.91 Å². The third-order valence-electron chi connectivity index (χ3n) is 4.70. The first kappa shape index (κ1) is 20.9. The van der Waals surface area contributed by atoms with Crippen LogP contribution >= 0.6 is 11.8 Å². The van der Waals surface area contributed by atoms with E-state index in [0.717, 1.165) is 10.6 Å². The van der Waals surface area contributed by atoms with E-state index in [2.05, 4.69) is 10.1 Å². The average Bonchev–Trinajstić information content (AvgIpc) is 3.21. The SMILES string of the molecule is COc1cc(/C=C2/C(=N)N3N=C(C(C)C)SC3=NC2=O)ccc1OCc1ccccc1. The van der Waals surface area contributed by atoms with E-state index < -0.39 is 5.91 Å². The summed E-state index contributed by atoms with van der Waals surface area (Å²) in [7, 11) is 1.57. The minimum Gasteiger partial charge on any atom is -0.493 e. The van der Waals surface area contributed by atoms with Crippen molar-refractivity contribution in [1.29, 1.82) is 5.41 Å². The minimum absolute atomic E-state index is 0.0153. The van der Waals surface area contributed by atoms with Gasteiger partial charge in [-0.3, -0.25) is 10.2 Å². The number of amides is 1. The predicted molar refractivity (Wildman–Crippen MR) is 124 cm³/mol. The molecule has 2 aromatic rings. The second kappa shape index (κ2) is 8.77. The molecule has 0 saturated heterocycles. The van der Waals surface area contributed by atoms with Crippen molar-refractivity contribution in [3.63, 3.8) is 0 Å². The molecular weight excluding hydrogens is 412 g/mol. The van der Waals surface area contributed by atoms with Gasteiger partial charge in [-0.25, -0.2) is 0 Å².